The van der Waals surface area contributed by atoms with Crippen molar-refractivity contribution in [3.63, 3.8) is 0 Å². The van der Waals surface area contributed by atoms with Gasteiger partial charge in [0.25, 0.3) is 0 Å². The van der Waals surface area contributed by atoms with Crippen LogP contribution in [0.25, 0.3) is 0 Å². The van der Waals surface area contributed by atoms with Crippen LogP contribution < -0.4 is 14.2 Å². The lowest BCUT2D eigenvalue weighted by atomic mass is 10.0. The molecule has 0 saturated carbocycles. The quantitative estimate of drug-likeness (QED) is 0.801. The van der Waals surface area contributed by atoms with Gasteiger partial charge in [-0.25, -0.2) is 4.39 Å². The Morgan fingerprint density at radius 3 is 2.75 bits per heavy atom. The molecule has 0 spiro atoms. The molecule has 1 amide bonds. The Balaban J connectivity index is 1.51. The largest absolute Gasteiger partial charge is 0.494 e. The summed E-state index contributed by atoms with van der Waals surface area (Å²) in [6.45, 7) is 1.99. The first-order valence-corrected chi connectivity index (χ1v) is 9.67. The standard InChI is InChI=1S/C22H24FNO4/c1-26-19-7-5-15(12-17(19)23)13-22(25)24-9-2-4-18(24)16-6-8-20-21(14-16)28-11-3-10-27-20/h5-8,12,14,18H,2-4,9-11,13H2,1H3. The van der Waals surface area contributed by atoms with Crippen LogP contribution in [0.1, 0.15) is 36.4 Å². The first-order valence-electron chi connectivity index (χ1n) is 9.67. The average Bonchev–Trinajstić information content (AvgIpc) is 3.07. The molecule has 2 aliphatic rings. The zero-order valence-corrected chi connectivity index (χ0v) is 15.9. The zero-order chi connectivity index (χ0) is 19.5. The minimum atomic E-state index is -0.450. The Bertz CT molecular complexity index is 870. The van der Waals surface area contributed by atoms with Gasteiger partial charge in [-0.15, -0.1) is 0 Å². The number of nitrogens with zero attached hydrogens (tertiary/aromatic N) is 1. The molecule has 1 saturated heterocycles. The van der Waals surface area contributed by atoms with Crippen LogP contribution in [0.2, 0.25) is 0 Å². The summed E-state index contributed by atoms with van der Waals surface area (Å²) < 4.78 is 30.4. The maximum atomic E-state index is 13.9. The summed E-state index contributed by atoms with van der Waals surface area (Å²) in [5.41, 5.74) is 1.70. The molecular weight excluding hydrogens is 361 g/mol. The first kappa shape index (κ1) is 18.6. The molecule has 0 bridgehead atoms. The molecule has 148 valence electrons. The highest BCUT2D eigenvalue weighted by atomic mass is 19.1. The van der Waals surface area contributed by atoms with Crippen LogP contribution in [0.15, 0.2) is 36.4 Å². The van der Waals surface area contributed by atoms with E-state index in [1.165, 1.54) is 13.2 Å². The minimum absolute atomic E-state index is 0.000761. The molecule has 28 heavy (non-hydrogen) atoms. The van der Waals surface area contributed by atoms with Crippen molar-refractivity contribution < 1.29 is 23.4 Å². The van der Waals surface area contributed by atoms with Crippen molar-refractivity contribution in [1.29, 1.82) is 0 Å². The lowest BCUT2D eigenvalue weighted by Gasteiger charge is -2.26. The molecule has 0 aliphatic carbocycles. The van der Waals surface area contributed by atoms with Crippen LogP contribution >= 0.6 is 0 Å². The van der Waals surface area contributed by atoms with Gasteiger partial charge in [0.15, 0.2) is 23.1 Å². The van der Waals surface area contributed by atoms with E-state index in [0.717, 1.165) is 36.3 Å². The van der Waals surface area contributed by atoms with Crippen LogP contribution in [0.3, 0.4) is 0 Å². The lowest BCUT2D eigenvalue weighted by molar-refractivity contribution is -0.131. The minimum Gasteiger partial charge on any atom is -0.494 e. The van der Waals surface area contributed by atoms with Crippen LogP contribution in [0.4, 0.5) is 4.39 Å². The predicted octanol–water partition coefficient (Wildman–Crippen LogP) is 3.90. The molecule has 2 heterocycles. The predicted molar refractivity (Wildman–Crippen MR) is 102 cm³/mol. The highest BCUT2D eigenvalue weighted by Gasteiger charge is 2.30. The molecule has 0 N–H and O–H groups in total. The zero-order valence-electron chi connectivity index (χ0n) is 15.9. The molecule has 2 aliphatic heterocycles. The van der Waals surface area contributed by atoms with Crippen molar-refractivity contribution in [3.8, 4) is 17.2 Å². The van der Waals surface area contributed by atoms with Crippen molar-refractivity contribution in [1.82, 2.24) is 4.90 Å². The van der Waals surface area contributed by atoms with Gasteiger partial charge in [0.2, 0.25) is 5.91 Å². The maximum Gasteiger partial charge on any atom is 0.227 e. The topological polar surface area (TPSA) is 48.0 Å². The molecule has 4 rings (SSSR count). The first-order chi connectivity index (χ1) is 13.7. The van der Waals surface area contributed by atoms with E-state index in [1.54, 1.807) is 12.1 Å². The Hall–Kier alpha value is -2.76. The molecule has 1 atom stereocenters. The molecule has 2 aromatic carbocycles. The number of hydrogen-bond acceptors (Lipinski definition) is 4. The summed E-state index contributed by atoms with van der Waals surface area (Å²) in [6.07, 6.45) is 2.88. The van der Waals surface area contributed by atoms with Gasteiger partial charge in [0.05, 0.1) is 32.8 Å². The summed E-state index contributed by atoms with van der Waals surface area (Å²) >= 11 is 0. The second kappa shape index (κ2) is 8.09. The molecule has 0 radical (unpaired) electrons. The Labute approximate surface area is 164 Å². The van der Waals surface area contributed by atoms with E-state index in [4.69, 9.17) is 14.2 Å². The van der Waals surface area contributed by atoms with Crippen LogP contribution in [-0.4, -0.2) is 37.7 Å². The van der Waals surface area contributed by atoms with E-state index in [1.807, 2.05) is 23.1 Å². The highest BCUT2D eigenvalue weighted by molar-refractivity contribution is 5.79. The van der Waals surface area contributed by atoms with Gasteiger partial charge >= 0.3 is 0 Å². The van der Waals surface area contributed by atoms with Crippen LogP contribution in [0, 0.1) is 5.82 Å². The molecule has 5 nitrogen and oxygen atoms in total. The third-order valence-electron chi connectivity index (χ3n) is 5.30. The van der Waals surface area contributed by atoms with Crippen molar-refractivity contribution in [3.05, 3.63) is 53.3 Å². The molecule has 6 heteroatoms. The smallest absolute Gasteiger partial charge is 0.227 e. The fourth-order valence-corrected chi connectivity index (χ4v) is 3.89. The summed E-state index contributed by atoms with van der Waals surface area (Å²) in [4.78, 5) is 14.8. The Morgan fingerprint density at radius 1 is 1.14 bits per heavy atom. The molecule has 2 aromatic rings. The van der Waals surface area contributed by atoms with Gasteiger partial charge in [0, 0.05) is 13.0 Å². The number of amides is 1. The molecule has 1 unspecified atom stereocenters. The molecule has 1 fully saturated rings. The lowest BCUT2D eigenvalue weighted by Crippen LogP contribution is -2.31. The van der Waals surface area contributed by atoms with E-state index < -0.39 is 5.82 Å². The number of ether oxygens (including phenoxy) is 3. The fraction of sp³-hybridized carbons (Fsp3) is 0.409. The van der Waals surface area contributed by atoms with Crippen molar-refractivity contribution in [2.45, 2.75) is 31.7 Å². The van der Waals surface area contributed by atoms with Gasteiger partial charge < -0.3 is 19.1 Å². The second-order valence-electron chi connectivity index (χ2n) is 7.15. The normalized spacial score (nSPS) is 18.6. The Kier molecular flexibility index (Phi) is 5.37. The number of rotatable bonds is 4. The van der Waals surface area contributed by atoms with E-state index in [2.05, 4.69) is 0 Å². The summed E-state index contributed by atoms with van der Waals surface area (Å²) in [7, 11) is 1.42. The van der Waals surface area contributed by atoms with Crippen LogP contribution in [0.5, 0.6) is 17.2 Å². The van der Waals surface area contributed by atoms with E-state index in [9.17, 15) is 9.18 Å². The van der Waals surface area contributed by atoms with Crippen molar-refractivity contribution >= 4 is 5.91 Å². The number of benzene rings is 2. The van der Waals surface area contributed by atoms with E-state index in [0.29, 0.717) is 25.3 Å². The van der Waals surface area contributed by atoms with Gasteiger partial charge in [-0.2, -0.15) is 0 Å². The third kappa shape index (κ3) is 3.77. The van der Waals surface area contributed by atoms with Gasteiger partial charge in [-0.05, 0) is 48.2 Å². The summed E-state index contributed by atoms with van der Waals surface area (Å²) in [5, 5.41) is 0. The third-order valence-corrected chi connectivity index (χ3v) is 5.30. The second-order valence-corrected chi connectivity index (χ2v) is 7.15. The SMILES string of the molecule is COc1ccc(CC(=O)N2CCCC2c2ccc3c(c2)OCCCO3)cc1F. The van der Waals surface area contributed by atoms with E-state index in [-0.39, 0.29) is 24.1 Å². The molecule has 0 aromatic heterocycles. The van der Waals surface area contributed by atoms with Gasteiger partial charge in [-0.1, -0.05) is 12.1 Å². The Morgan fingerprint density at radius 2 is 1.96 bits per heavy atom. The average molecular weight is 385 g/mol. The van der Waals surface area contributed by atoms with Crippen molar-refractivity contribution in [2.75, 3.05) is 26.9 Å². The number of methoxy groups -OCH3 is 1. The summed E-state index contributed by atoms with van der Waals surface area (Å²) in [6, 6.07) is 10.6. The number of likely N-dealkylation sites (tertiary alicyclic amines) is 1. The van der Waals surface area contributed by atoms with Gasteiger partial charge in [-0.3, -0.25) is 4.79 Å². The highest BCUT2D eigenvalue weighted by Crippen LogP contribution is 2.38. The number of hydrogen-bond donors (Lipinski definition) is 0. The van der Waals surface area contributed by atoms with Gasteiger partial charge in [0.1, 0.15) is 0 Å². The number of carbonyl (C=O) groups is 1. The van der Waals surface area contributed by atoms with E-state index >= 15 is 0 Å². The van der Waals surface area contributed by atoms with Crippen molar-refractivity contribution in [2.24, 2.45) is 0 Å². The maximum absolute atomic E-state index is 13.9. The summed E-state index contributed by atoms with van der Waals surface area (Å²) in [5.74, 6) is 1.23. The van der Waals surface area contributed by atoms with Crippen LogP contribution in [-0.2, 0) is 11.2 Å². The number of halogens is 1. The number of carbonyl (C=O) groups excluding carboxylic acids is 1. The molecular formula is C22H24FNO4. The monoisotopic (exact) mass is 385 g/mol. The fourth-order valence-electron chi connectivity index (χ4n) is 3.89. The number of fused-ring (bicyclic) bond motifs is 1.